The maximum Gasteiger partial charge on any atom is 0.270 e. The van der Waals surface area contributed by atoms with Crippen molar-refractivity contribution in [1.29, 1.82) is 0 Å². The molecule has 0 spiro atoms. The third-order valence-corrected chi connectivity index (χ3v) is 7.18. The molecule has 4 aromatic rings. The number of nitrogens with zero attached hydrogens (tertiary/aromatic N) is 4. The average Bonchev–Trinajstić information content (AvgIpc) is 3.33. The highest BCUT2D eigenvalue weighted by Gasteiger charge is 2.26. The first-order chi connectivity index (χ1) is 14.4. The van der Waals surface area contributed by atoms with Crippen molar-refractivity contribution in [2.75, 3.05) is 5.32 Å². The Labute approximate surface area is 192 Å². The van der Waals surface area contributed by atoms with Gasteiger partial charge in [0.15, 0.2) is 17.0 Å². The predicted octanol–water partition coefficient (Wildman–Crippen LogP) is 4.24. The Kier molecular flexibility index (Phi) is 5.67. The molecule has 0 aliphatic heterocycles. The highest BCUT2D eigenvalue weighted by Crippen LogP contribution is 2.35. The predicted molar refractivity (Wildman–Crippen MR) is 126 cm³/mol. The van der Waals surface area contributed by atoms with Gasteiger partial charge in [-0.05, 0) is 54.6 Å². The normalized spacial score (nSPS) is 15.5. The minimum atomic E-state index is -3.87. The van der Waals surface area contributed by atoms with E-state index in [1.165, 1.54) is 17.5 Å². The Bertz CT molecular complexity index is 1370. The number of halogens is 1. The van der Waals surface area contributed by atoms with Gasteiger partial charge in [0.2, 0.25) is 5.28 Å². The number of imidazole rings is 1. The molecular formula is C21H20ClN5O2S2. The van der Waals surface area contributed by atoms with Gasteiger partial charge in [0, 0.05) is 0 Å². The number of aromatic nitrogens is 4. The zero-order valence-corrected chi connectivity index (χ0v) is 19.2. The summed E-state index contributed by atoms with van der Waals surface area (Å²) in [5.41, 5.74) is 3.97. The van der Waals surface area contributed by atoms with Crippen LogP contribution in [0.2, 0.25) is 5.28 Å². The van der Waals surface area contributed by atoms with Crippen LogP contribution in [0.25, 0.3) is 11.2 Å². The Morgan fingerprint density at radius 1 is 1.10 bits per heavy atom. The molecule has 7 nitrogen and oxygen atoms in total. The van der Waals surface area contributed by atoms with Crippen LogP contribution >= 0.6 is 25.1 Å². The van der Waals surface area contributed by atoms with E-state index in [1.54, 1.807) is 24.3 Å². The van der Waals surface area contributed by atoms with E-state index in [1.807, 2.05) is 19.1 Å². The minimum Gasteiger partial charge on any atom is -0.361 e. The summed E-state index contributed by atoms with van der Waals surface area (Å²) in [6, 6.07) is 14.9. The molecule has 1 atom stereocenters. The summed E-state index contributed by atoms with van der Waals surface area (Å²) in [6.07, 6.45) is 3.12. The maximum atomic E-state index is 13.2. The first-order valence-corrected chi connectivity index (χ1v) is 11.3. The molecule has 1 aliphatic rings. The summed E-state index contributed by atoms with van der Waals surface area (Å²) in [5, 5.41) is 3.34. The van der Waals surface area contributed by atoms with Crippen molar-refractivity contribution in [3.8, 4) is 0 Å². The van der Waals surface area contributed by atoms with Crippen LogP contribution in [0.3, 0.4) is 0 Å². The molecule has 0 amide bonds. The van der Waals surface area contributed by atoms with Crippen LogP contribution in [-0.2, 0) is 16.4 Å². The fraction of sp³-hybridized carbons (Fsp3) is 0.190. The van der Waals surface area contributed by atoms with Gasteiger partial charge in [0.25, 0.3) is 10.0 Å². The van der Waals surface area contributed by atoms with E-state index in [4.69, 9.17) is 11.6 Å². The summed E-state index contributed by atoms with van der Waals surface area (Å²) in [7, 11) is -3.87. The zero-order valence-electron chi connectivity index (χ0n) is 16.6. The van der Waals surface area contributed by atoms with Crippen LogP contribution in [0.1, 0.15) is 29.2 Å². The van der Waals surface area contributed by atoms with Gasteiger partial charge in [-0.25, -0.2) is 17.4 Å². The molecule has 0 radical (unpaired) electrons. The number of hydrogen-bond donors (Lipinski definition) is 1. The van der Waals surface area contributed by atoms with Crippen LogP contribution < -0.4 is 5.32 Å². The third-order valence-electron chi connectivity index (χ3n) is 5.36. The minimum absolute atomic E-state index is 0. The highest BCUT2D eigenvalue weighted by atomic mass is 35.5. The number of rotatable bonds is 4. The number of hydrogen-bond acceptors (Lipinski definition) is 6. The standard InChI is InChI=1S/C21H18ClN5O2S.H2S/c1-13-6-9-15(10-7-13)30(28,29)27-12-23-18-19(25-21(22)26-20(18)27)24-17-11-8-14-4-2-3-5-16(14)17;/h2-7,9-10,12,17H,8,11H2,1H3,(H,24,25,26);1H2/t17-;/m0./s1. The largest absolute Gasteiger partial charge is 0.361 e. The van der Waals surface area contributed by atoms with E-state index in [0.717, 1.165) is 22.4 Å². The Balaban J connectivity index is 0.00000231. The summed E-state index contributed by atoms with van der Waals surface area (Å²) in [4.78, 5) is 12.9. The van der Waals surface area contributed by atoms with Crippen molar-refractivity contribution >= 4 is 52.1 Å². The highest BCUT2D eigenvalue weighted by molar-refractivity contribution is 7.90. The van der Waals surface area contributed by atoms with E-state index < -0.39 is 10.0 Å². The van der Waals surface area contributed by atoms with E-state index in [0.29, 0.717) is 11.3 Å². The molecule has 0 unspecified atom stereocenters. The van der Waals surface area contributed by atoms with Gasteiger partial charge in [0.05, 0.1) is 10.9 Å². The number of anilines is 1. The molecule has 5 rings (SSSR count). The molecule has 0 bridgehead atoms. The lowest BCUT2D eigenvalue weighted by Gasteiger charge is -2.15. The molecule has 0 fully saturated rings. The molecule has 1 N–H and O–H groups in total. The molecule has 160 valence electrons. The lowest BCUT2D eigenvalue weighted by atomic mass is 10.1. The SMILES string of the molecule is Cc1ccc(S(=O)(=O)n2cnc3c(N[C@H]4CCc5ccccc54)nc(Cl)nc32)cc1.S. The molecule has 2 aromatic carbocycles. The van der Waals surface area contributed by atoms with Gasteiger partial charge in [-0.2, -0.15) is 23.5 Å². The summed E-state index contributed by atoms with van der Waals surface area (Å²) in [6.45, 7) is 1.90. The second-order valence-corrected chi connectivity index (χ2v) is 9.46. The topological polar surface area (TPSA) is 89.8 Å². The van der Waals surface area contributed by atoms with Gasteiger partial charge in [-0.3, -0.25) is 0 Å². The van der Waals surface area contributed by atoms with Gasteiger partial charge >= 0.3 is 0 Å². The lowest BCUT2D eigenvalue weighted by molar-refractivity contribution is 0.588. The fourth-order valence-corrected chi connectivity index (χ4v) is 5.22. The van der Waals surface area contributed by atoms with E-state index in [-0.39, 0.29) is 35.4 Å². The van der Waals surface area contributed by atoms with Crippen LogP contribution in [0.5, 0.6) is 0 Å². The van der Waals surface area contributed by atoms with E-state index >= 15 is 0 Å². The van der Waals surface area contributed by atoms with Crippen LogP contribution in [0, 0.1) is 6.92 Å². The first kappa shape index (κ1) is 21.6. The van der Waals surface area contributed by atoms with Crippen molar-refractivity contribution in [3.05, 3.63) is 76.8 Å². The van der Waals surface area contributed by atoms with Crippen LogP contribution in [0.4, 0.5) is 5.82 Å². The molecule has 2 heterocycles. The quantitative estimate of drug-likeness (QED) is 0.446. The van der Waals surface area contributed by atoms with E-state index in [9.17, 15) is 8.42 Å². The lowest BCUT2D eigenvalue weighted by Crippen LogP contribution is -2.13. The third kappa shape index (κ3) is 3.77. The van der Waals surface area contributed by atoms with Crippen molar-refractivity contribution in [2.45, 2.75) is 30.7 Å². The molecule has 0 saturated carbocycles. The molecule has 10 heteroatoms. The van der Waals surface area contributed by atoms with Crippen molar-refractivity contribution in [3.63, 3.8) is 0 Å². The second-order valence-electron chi connectivity index (χ2n) is 7.31. The number of aryl methyl sites for hydroxylation is 2. The van der Waals surface area contributed by atoms with Crippen molar-refractivity contribution in [2.24, 2.45) is 0 Å². The molecular weight excluding hydrogens is 454 g/mol. The van der Waals surface area contributed by atoms with Gasteiger partial charge in [0.1, 0.15) is 6.33 Å². The number of fused-ring (bicyclic) bond motifs is 2. The average molecular weight is 474 g/mol. The van der Waals surface area contributed by atoms with E-state index in [2.05, 4.69) is 32.4 Å². The summed E-state index contributed by atoms with van der Waals surface area (Å²) < 4.78 is 27.4. The van der Waals surface area contributed by atoms with Gasteiger partial charge < -0.3 is 5.32 Å². The summed E-state index contributed by atoms with van der Waals surface area (Å²) >= 11 is 6.16. The Morgan fingerprint density at radius 3 is 2.61 bits per heavy atom. The van der Waals surface area contributed by atoms with Crippen molar-refractivity contribution < 1.29 is 8.42 Å². The second kappa shape index (κ2) is 8.14. The number of nitrogens with one attached hydrogen (secondary N) is 1. The van der Waals surface area contributed by atoms with Crippen LogP contribution in [0.15, 0.2) is 59.8 Å². The zero-order chi connectivity index (χ0) is 20.9. The van der Waals surface area contributed by atoms with Crippen LogP contribution in [-0.4, -0.2) is 27.3 Å². The number of benzene rings is 2. The first-order valence-electron chi connectivity index (χ1n) is 9.50. The monoisotopic (exact) mass is 473 g/mol. The fourth-order valence-electron chi connectivity index (χ4n) is 3.83. The van der Waals surface area contributed by atoms with Crippen molar-refractivity contribution in [1.82, 2.24) is 18.9 Å². The maximum absolute atomic E-state index is 13.2. The molecule has 1 aliphatic carbocycles. The van der Waals surface area contributed by atoms with Gasteiger partial charge in [-0.15, -0.1) is 0 Å². The summed E-state index contributed by atoms with van der Waals surface area (Å²) in [5.74, 6) is 0.421. The molecule has 31 heavy (non-hydrogen) atoms. The molecule has 0 saturated heterocycles. The molecule has 2 aromatic heterocycles. The Morgan fingerprint density at radius 2 is 1.84 bits per heavy atom. The smallest absolute Gasteiger partial charge is 0.270 e. The Hall–Kier alpha value is -2.62. The van der Waals surface area contributed by atoms with Gasteiger partial charge in [-0.1, -0.05) is 42.0 Å².